The van der Waals surface area contributed by atoms with Crippen LogP contribution < -0.4 is 5.32 Å². The minimum absolute atomic E-state index is 0.331. The highest BCUT2D eigenvalue weighted by molar-refractivity contribution is 9.10. The van der Waals surface area contributed by atoms with E-state index in [1.54, 1.807) is 0 Å². The number of hydrogen-bond acceptors (Lipinski definition) is 1. The summed E-state index contributed by atoms with van der Waals surface area (Å²) in [5.74, 6) is 0. The molecular formula is C14H11BrClN. The molecular weight excluding hydrogens is 298 g/mol. The van der Waals surface area contributed by atoms with Crippen molar-refractivity contribution in [3.05, 3.63) is 63.1 Å². The second kappa shape index (κ2) is 4.35. The Morgan fingerprint density at radius 1 is 1.18 bits per heavy atom. The van der Waals surface area contributed by atoms with E-state index in [0.717, 1.165) is 15.9 Å². The second-order valence-electron chi connectivity index (χ2n) is 4.26. The van der Waals surface area contributed by atoms with E-state index in [9.17, 15) is 0 Å². The molecule has 1 N–H and O–H groups in total. The van der Waals surface area contributed by atoms with Crippen molar-refractivity contribution in [2.45, 2.75) is 12.5 Å². The van der Waals surface area contributed by atoms with Gasteiger partial charge in [0.1, 0.15) is 0 Å². The molecule has 0 amide bonds. The molecule has 1 atom stereocenters. The molecule has 2 aromatic carbocycles. The summed E-state index contributed by atoms with van der Waals surface area (Å²) in [4.78, 5) is 0. The second-order valence-corrected chi connectivity index (χ2v) is 5.61. The quantitative estimate of drug-likeness (QED) is 0.797. The zero-order valence-electron chi connectivity index (χ0n) is 9.08. The molecule has 86 valence electrons. The summed E-state index contributed by atoms with van der Waals surface area (Å²) in [7, 11) is 0. The van der Waals surface area contributed by atoms with Gasteiger partial charge in [-0.15, -0.1) is 0 Å². The van der Waals surface area contributed by atoms with Crippen molar-refractivity contribution < 1.29 is 0 Å². The Kier molecular flexibility index (Phi) is 2.85. The lowest BCUT2D eigenvalue weighted by Gasteiger charge is -2.11. The maximum absolute atomic E-state index is 6.02. The van der Waals surface area contributed by atoms with Gasteiger partial charge in [-0.1, -0.05) is 45.7 Å². The lowest BCUT2D eigenvalue weighted by molar-refractivity contribution is 0.824. The van der Waals surface area contributed by atoms with Crippen molar-refractivity contribution in [3.63, 3.8) is 0 Å². The van der Waals surface area contributed by atoms with Gasteiger partial charge in [0, 0.05) is 15.2 Å². The highest BCUT2D eigenvalue weighted by Gasteiger charge is 2.21. The molecule has 3 rings (SSSR count). The van der Waals surface area contributed by atoms with Crippen molar-refractivity contribution >= 4 is 33.2 Å². The first-order valence-electron chi connectivity index (χ1n) is 5.53. The van der Waals surface area contributed by atoms with Crippen molar-refractivity contribution in [2.24, 2.45) is 0 Å². The van der Waals surface area contributed by atoms with Crippen molar-refractivity contribution in [1.29, 1.82) is 0 Å². The van der Waals surface area contributed by atoms with Gasteiger partial charge >= 0.3 is 0 Å². The number of anilines is 1. The average Bonchev–Trinajstić information content (AvgIpc) is 2.72. The number of fused-ring (bicyclic) bond motifs is 1. The number of rotatable bonds is 1. The molecule has 3 heteroatoms. The third kappa shape index (κ3) is 2.20. The summed E-state index contributed by atoms with van der Waals surface area (Å²) in [5, 5.41) is 4.32. The molecule has 0 saturated carbocycles. The number of halogens is 2. The monoisotopic (exact) mass is 307 g/mol. The number of nitrogens with one attached hydrogen (secondary N) is 1. The van der Waals surface area contributed by atoms with Gasteiger partial charge < -0.3 is 5.32 Å². The van der Waals surface area contributed by atoms with Crippen molar-refractivity contribution in [1.82, 2.24) is 0 Å². The fourth-order valence-electron chi connectivity index (χ4n) is 2.24. The Labute approximate surface area is 114 Å². The van der Waals surface area contributed by atoms with Crippen LogP contribution in [0.15, 0.2) is 46.9 Å². The molecule has 1 unspecified atom stereocenters. The van der Waals surface area contributed by atoms with Gasteiger partial charge in [-0.3, -0.25) is 0 Å². The molecule has 2 aromatic rings. The van der Waals surface area contributed by atoms with Crippen LogP contribution in [0.2, 0.25) is 5.02 Å². The molecule has 0 aliphatic carbocycles. The summed E-state index contributed by atoms with van der Waals surface area (Å²) in [5.41, 5.74) is 3.81. The summed E-state index contributed by atoms with van der Waals surface area (Å²) < 4.78 is 1.11. The SMILES string of the molecule is Clc1cccc(C2Cc3ccc(Br)cc3N2)c1. The molecule has 0 radical (unpaired) electrons. The Hall–Kier alpha value is -0.990. The normalized spacial score (nSPS) is 17.6. The topological polar surface area (TPSA) is 12.0 Å². The van der Waals surface area contributed by atoms with Gasteiger partial charge in [0.25, 0.3) is 0 Å². The summed E-state index contributed by atoms with van der Waals surface area (Å²) in [6, 6.07) is 14.8. The molecule has 0 fully saturated rings. The number of hydrogen-bond donors (Lipinski definition) is 1. The van der Waals surface area contributed by atoms with E-state index in [-0.39, 0.29) is 0 Å². The molecule has 0 bridgehead atoms. The smallest absolute Gasteiger partial charge is 0.0555 e. The van der Waals surface area contributed by atoms with E-state index in [1.807, 2.05) is 18.2 Å². The van der Waals surface area contributed by atoms with Crippen LogP contribution in [0, 0.1) is 0 Å². The number of benzene rings is 2. The third-order valence-electron chi connectivity index (χ3n) is 3.08. The lowest BCUT2D eigenvalue weighted by atomic mass is 10.0. The first-order valence-corrected chi connectivity index (χ1v) is 6.70. The minimum Gasteiger partial charge on any atom is -0.378 e. The van der Waals surface area contributed by atoms with Crippen molar-refractivity contribution in [2.75, 3.05) is 5.32 Å². The van der Waals surface area contributed by atoms with Gasteiger partial charge in [-0.2, -0.15) is 0 Å². The maximum Gasteiger partial charge on any atom is 0.0555 e. The van der Waals surface area contributed by atoms with Gasteiger partial charge in [0.2, 0.25) is 0 Å². The van der Waals surface area contributed by atoms with Crippen LogP contribution in [-0.4, -0.2) is 0 Å². The molecule has 0 saturated heterocycles. The third-order valence-corrected chi connectivity index (χ3v) is 3.81. The highest BCUT2D eigenvalue weighted by Crippen LogP contribution is 2.36. The largest absolute Gasteiger partial charge is 0.378 e. The Morgan fingerprint density at radius 3 is 2.88 bits per heavy atom. The van der Waals surface area contributed by atoms with Crippen molar-refractivity contribution in [3.8, 4) is 0 Å². The standard InChI is InChI=1S/C14H11BrClN/c15-11-5-4-10-7-13(17-14(10)8-11)9-2-1-3-12(16)6-9/h1-6,8,13,17H,7H2. The Morgan fingerprint density at radius 2 is 2.06 bits per heavy atom. The summed E-state index contributed by atoms with van der Waals surface area (Å²) >= 11 is 9.52. The van der Waals surface area contributed by atoms with Crippen LogP contribution in [0.25, 0.3) is 0 Å². The van der Waals surface area contributed by atoms with Crippen LogP contribution in [0.3, 0.4) is 0 Å². The molecule has 1 heterocycles. The van der Waals surface area contributed by atoms with E-state index in [2.05, 4.69) is 45.5 Å². The summed E-state index contributed by atoms with van der Waals surface area (Å²) in [6.07, 6.45) is 1.02. The van der Waals surface area contributed by atoms with E-state index >= 15 is 0 Å². The van der Waals surface area contributed by atoms with E-state index in [0.29, 0.717) is 6.04 Å². The van der Waals surface area contributed by atoms with E-state index in [4.69, 9.17) is 11.6 Å². The van der Waals surface area contributed by atoms with Crippen LogP contribution in [0.1, 0.15) is 17.2 Å². The van der Waals surface area contributed by atoms with Gasteiger partial charge in [0.05, 0.1) is 6.04 Å². The molecule has 1 aliphatic heterocycles. The van der Waals surface area contributed by atoms with Crippen LogP contribution >= 0.6 is 27.5 Å². The Bertz CT molecular complexity index is 568. The zero-order chi connectivity index (χ0) is 11.8. The van der Waals surface area contributed by atoms with Crippen LogP contribution in [-0.2, 0) is 6.42 Å². The fraction of sp³-hybridized carbons (Fsp3) is 0.143. The van der Waals surface area contributed by atoms with Crippen LogP contribution in [0.4, 0.5) is 5.69 Å². The first-order chi connectivity index (χ1) is 8.22. The minimum atomic E-state index is 0.331. The van der Waals surface area contributed by atoms with Gasteiger partial charge in [0.15, 0.2) is 0 Å². The van der Waals surface area contributed by atoms with Crippen LogP contribution in [0.5, 0.6) is 0 Å². The first kappa shape index (κ1) is 11.1. The van der Waals surface area contributed by atoms with Gasteiger partial charge in [-0.05, 0) is 41.8 Å². The highest BCUT2D eigenvalue weighted by atomic mass is 79.9. The summed E-state index contributed by atoms with van der Waals surface area (Å²) in [6.45, 7) is 0. The van der Waals surface area contributed by atoms with E-state index < -0.39 is 0 Å². The molecule has 0 spiro atoms. The molecule has 17 heavy (non-hydrogen) atoms. The molecule has 0 aromatic heterocycles. The predicted octanol–water partition coefficient (Wildman–Crippen LogP) is 4.81. The molecule has 1 nitrogen and oxygen atoms in total. The maximum atomic E-state index is 6.02. The van der Waals surface area contributed by atoms with Gasteiger partial charge in [-0.25, -0.2) is 0 Å². The Balaban J connectivity index is 1.91. The average molecular weight is 309 g/mol. The zero-order valence-corrected chi connectivity index (χ0v) is 11.4. The molecule has 1 aliphatic rings. The predicted molar refractivity (Wildman–Crippen MR) is 75.7 cm³/mol. The lowest BCUT2D eigenvalue weighted by Crippen LogP contribution is -2.05. The fourth-order valence-corrected chi connectivity index (χ4v) is 2.80. The van der Waals surface area contributed by atoms with E-state index in [1.165, 1.54) is 16.8 Å².